The van der Waals surface area contributed by atoms with Gasteiger partial charge in [-0.3, -0.25) is 14.6 Å². The number of hydrogen-bond acceptors (Lipinski definition) is 4. The SMILES string of the molecule is O=C1C2(Br)CN3CCN(C2)CC1(c1cccs1)C3. The first-order valence-corrected chi connectivity index (χ1v) is 8.02. The average Bonchev–Trinajstić information content (AvgIpc) is 2.75. The van der Waals surface area contributed by atoms with Gasteiger partial charge in [-0.25, -0.2) is 0 Å². The average molecular weight is 327 g/mol. The van der Waals surface area contributed by atoms with Crippen LogP contribution in [0.4, 0.5) is 0 Å². The van der Waals surface area contributed by atoms with Crippen LogP contribution in [-0.2, 0) is 10.2 Å². The van der Waals surface area contributed by atoms with Crippen LogP contribution in [0.1, 0.15) is 4.88 Å². The Bertz CT molecular complexity index is 485. The number of piperidine rings is 2. The summed E-state index contributed by atoms with van der Waals surface area (Å²) in [6, 6.07) is 4.20. The van der Waals surface area contributed by atoms with Crippen LogP contribution in [0, 0.1) is 0 Å². The molecule has 2 atom stereocenters. The first-order chi connectivity index (χ1) is 8.62. The highest BCUT2D eigenvalue weighted by Crippen LogP contribution is 2.46. The summed E-state index contributed by atoms with van der Waals surface area (Å²) in [5.74, 6) is 0.409. The third kappa shape index (κ3) is 1.39. The topological polar surface area (TPSA) is 23.6 Å². The minimum absolute atomic E-state index is 0.287. The fourth-order valence-electron chi connectivity index (χ4n) is 3.82. The standard InChI is InChI=1S/C13H15BrN2OS/c14-13-8-15-3-4-16(9-13)7-12(6-15,11(13)17)10-2-1-5-18-10/h1-2,5H,3-4,6-9H2. The zero-order valence-electron chi connectivity index (χ0n) is 10.1. The molecule has 0 N–H and O–H groups in total. The fraction of sp³-hybridized carbons (Fsp3) is 0.615. The third-order valence-corrected chi connectivity index (χ3v) is 6.44. The van der Waals surface area contributed by atoms with Crippen molar-refractivity contribution in [1.82, 2.24) is 9.80 Å². The lowest BCUT2D eigenvalue weighted by atomic mass is 9.70. The molecule has 0 spiro atoms. The molecule has 5 rings (SSSR count). The Morgan fingerprint density at radius 2 is 1.83 bits per heavy atom. The normalized spacial score (nSPS) is 46.4. The van der Waals surface area contributed by atoms with E-state index in [2.05, 4.69) is 43.2 Å². The minimum atomic E-state index is -0.343. The summed E-state index contributed by atoms with van der Waals surface area (Å²) in [4.78, 5) is 19.1. The van der Waals surface area contributed by atoms with E-state index >= 15 is 0 Å². The molecule has 4 saturated heterocycles. The molecule has 18 heavy (non-hydrogen) atoms. The fourth-order valence-corrected chi connectivity index (χ4v) is 5.81. The van der Waals surface area contributed by atoms with Gasteiger partial charge in [0, 0.05) is 44.1 Å². The van der Waals surface area contributed by atoms with Crippen LogP contribution >= 0.6 is 27.3 Å². The molecule has 2 unspecified atom stereocenters. The van der Waals surface area contributed by atoms with Gasteiger partial charge < -0.3 is 0 Å². The summed E-state index contributed by atoms with van der Waals surface area (Å²) >= 11 is 5.49. The maximum atomic E-state index is 13.0. The lowest BCUT2D eigenvalue weighted by Crippen LogP contribution is -2.70. The molecular formula is C13H15BrN2OS. The van der Waals surface area contributed by atoms with Gasteiger partial charge in [-0.05, 0) is 11.4 Å². The maximum absolute atomic E-state index is 13.0. The van der Waals surface area contributed by atoms with Crippen LogP contribution in [0.2, 0.25) is 0 Å². The van der Waals surface area contributed by atoms with Gasteiger partial charge in [-0.15, -0.1) is 11.3 Å². The number of fused-ring (bicyclic) bond motifs is 1. The van der Waals surface area contributed by atoms with Crippen molar-refractivity contribution in [1.29, 1.82) is 0 Å². The molecule has 0 aromatic carbocycles. The summed E-state index contributed by atoms with van der Waals surface area (Å²) in [6.45, 7) is 5.72. The molecular weight excluding hydrogens is 312 g/mol. The van der Waals surface area contributed by atoms with E-state index in [1.165, 1.54) is 4.88 Å². The molecule has 3 nitrogen and oxygen atoms in total. The highest BCUT2D eigenvalue weighted by molar-refractivity contribution is 9.10. The number of thiophene rings is 1. The van der Waals surface area contributed by atoms with Crippen LogP contribution in [0.3, 0.4) is 0 Å². The zero-order chi connectivity index (χ0) is 12.4. The van der Waals surface area contributed by atoms with Gasteiger partial charge in [0.1, 0.15) is 4.32 Å². The summed E-state index contributed by atoms with van der Waals surface area (Å²) in [7, 11) is 0. The number of carbonyl (C=O) groups is 1. The molecule has 4 aliphatic heterocycles. The van der Waals surface area contributed by atoms with E-state index in [0.29, 0.717) is 5.78 Å². The molecule has 0 amide bonds. The number of hydrogen-bond donors (Lipinski definition) is 0. The molecule has 1 aromatic rings. The Hall–Kier alpha value is -0.230. The Morgan fingerprint density at radius 3 is 2.39 bits per heavy atom. The van der Waals surface area contributed by atoms with Crippen LogP contribution in [0.5, 0.6) is 0 Å². The zero-order valence-corrected chi connectivity index (χ0v) is 12.5. The van der Waals surface area contributed by atoms with E-state index < -0.39 is 0 Å². The number of rotatable bonds is 1. The molecule has 0 saturated carbocycles. The van der Waals surface area contributed by atoms with Gasteiger partial charge in [-0.1, -0.05) is 22.0 Å². The van der Waals surface area contributed by atoms with E-state index in [9.17, 15) is 4.79 Å². The number of ketones is 1. The maximum Gasteiger partial charge on any atom is 0.166 e. The lowest BCUT2D eigenvalue weighted by Gasteiger charge is -2.51. The van der Waals surface area contributed by atoms with E-state index in [0.717, 1.165) is 39.3 Å². The Morgan fingerprint density at radius 1 is 1.17 bits per heavy atom. The van der Waals surface area contributed by atoms with Crippen LogP contribution in [0.25, 0.3) is 0 Å². The molecule has 4 aliphatic rings. The lowest BCUT2D eigenvalue weighted by molar-refractivity contribution is -0.134. The second-order valence-corrected chi connectivity index (χ2v) is 8.24. The number of alkyl halides is 1. The van der Waals surface area contributed by atoms with Crippen molar-refractivity contribution in [3.8, 4) is 0 Å². The Balaban J connectivity index is 1.90. The van der Waals surface area contributed by atoms with Gasteiger partial charge >= 0.3 is 0 Å². The first-order valence-electron chi connectivity index (χ1n) is 6.35. The first kappa shape index (κ1) is 11.6. The van der Waals surface area contributed by atoms with E-state index in [1.54, 1.807) is 11.3 Å². The monoisotopic (exact) mass is 326 g/mol. The van der Waals surface area contributed by atoms with Crippen molar-refractivity contribution >= 4 is 33.0 Å². The summed E-state index contributed by atoms with van der Waals surface area (Å²) in [6.07, 6.45) is 0. The van der Waals surface area contributed by atoms with E-state index in [1.807, 2.05) is 0 Å². The Labute approximate surface area is 119 Å². The largest absolute Gasteiger partial charge is 0.299 e. The highest BCUT2D eigenvalue weighted by atomic mass is 79.9. The molecule has 4 fully saturated rings. The number of nitrogens with zero attached hydrogens (tertiary/aromatic N) is 2. The molecule has 4 bridgehead atoms. The highest BCUT2D eigenvalue weighted by Gasteiger charge is 2.61. The Kier molecular flexibility index (Phi) is 2.35. The number of carbonyl (C=O) groups excluding carboxylic acids is 1. The summed E-state index contributed by atoms with van der Waals surface area (Å²) in [5, 5.41) is 2.09. The van der Waals surface area contributed by atoms with Gasteiger partial charge in [0.2, 0.25) is 0 Å². The molecule has 0 radical (unpaired) electrons. The van der Waals surface area contributed by atoms with Crippen molar-refractivity contribution in [2.45, 2.75) is 9.74 Å². The van der Waals surface area contributed by atoms with Crippen molar-refractivity contribution in [2.75, 3.05) is 39.3 Å². The van der Waals surface area contributed by atoms with Crippen molar-refractivity contribution in [3.63, 3.8) is 0 Å². The molecule has 0 aliphatic carbocycles. The molecule has 5 heteroatoms. The molecule has 1 aromatic heterocycles. The number of halogens is 1. The summed E-state index contributed by atoms with van der Waals surface area (Å²) in [5.41, 5.74) is -0.287. The second-order valence-electron chi connectivity index (χ2n) is 5.78. The molecule has 5 heterocycles. The second kappa shape index (κ2) is 3.66. The van der Waals surface area contributed by atoms with Gasteiger partial charge in [0.15, 0.2) is 5.78 Å². The van der Waals surface area contributed by atoms with E-state index in [4.69, 9.17) is 0 Å². The third-order valence-electron chi connectivity index (χ3n) is 4.50. The van der Waals surface area contributed by atoms with Crippen molar-refractivity contribution < 1.29 is 4.79 Å². The van der Waals surface area contributed by atoms with E-state index in [-0.39, 0.29) is 9.74 Å². The predicted octanol–water partition coefficient (Wildman–Crippen LogP) is 1.33. The van der Waals surface area contributed by atoms with Gasteiger partial charge in [0.05, 0.1) is 5.41 Å². The molecule has 96 valence electrons. The van der Waals surface area contributed by atoms with Gasteiger partial charge in [-0.2, -0.15) is 0 Å². The quantitative estimate of drug-likeness (QED) is 0.727. The smallest absolute Gasteiger partial charge is 0.166 e. The van der Waals surface area contributed by atoms with Gasteiger partial charge in [0.25, 0.3) is 0 Å². The minimum Gasteiger partial charge on any atom is -0.299 e. The van der Waals surface area contributed by atoms with Crippen molar-refractivity contribution in [2.24, 2.45) is 0 Å². The number of Topliss-reactive ketones (excluding diaryl/α,β-unsaturated/α-hetero) is 1. The summed E-state index contributed by atoms with van der Waals surface area (Å²) < 4.78 is -0.343. The predicted molar refractivity (Wildman–Crippen MR) is 75.5 cm³/mol. The van der Waals surface area contributed by atoms with Crippen LogP contribution in [0.15, 0.2) is 17.5 Å². The van der Waals surface area contributed by atoms with Crippen LogP contribution < -0.4 is 0 Å². The van der Waals surface area contributed by atoms with Crippen LogP contribution in [-0.4, -0.2) is 59.2 Å². The van der Waals surface area contributed by atoms with Crippen molar-refractivity contribution in [3.05, 3.63) is 22.4 Å².